The molecular formula is C24H26ClN5O4S. The predicted octanol–water partition coefficient (Wildman–Crippen LogP) is 3.79. The van der Waals surface area contributed by atoms with Crippen molar-refractivity contribution in [3.8, 4) is 5.75 Å². The van der Waals surface area contributed by atoms with E-state index in [1.54, 1.807) is 48.5 Å². The molecule has 1 heterocycles. The normalized spacial score (nSPS) is 12.0. The van der Waals surface area contributed by atoms with Gasteiger partial charge in [-0.2, -0.15) is 4.37 Å². The molecule has 3 aromatic rings. The zero-order chi connectivity index (χ0) is 25.9. The lowest BCUT2D eigenvalue weighted by molar-refractivity contribution is -0.123. The summed E-state index contributed by atoms with van der Waals surface area (Å²) in [6, 6.07) is 12.2. The van der Waals surface area contributed by atoms with Crippen LogP contribution >= 0.6 is 23.1 Å². The third-order valence-corrected chi connectivity index (χ3v) is 6.00. The Balaban J connectivity index is 2.25. The lowest BCUT2D eigenvalue weighted by Gasteiger charge is -2.33. The number of nitrogen functional groups attached to an aromatic ring is 1. The van der Waals surface area contributed by atoms with Crippen LogP contribution in [0.1, 0.15) is 52.5 Å². The molecule has 0 aliphatic heterocycles. The Labute approximate surface area is 212 Å². The summed E-state index contributed by atoms with van der Waals surface area (Å²) < 4.78 is 9.29. The fourth-order valence-electron chi connectivity index (χ4n) is 3.38. The number of anilines is 2. The molecule has 0 aliphatic rings. The molecule has 0 saturated carbocycles. The number of hydrogen-bond acceptors (Lipinski definition) is 7. The number of nitrogens with one attached hydrogen (secondary N) is 1. The minimum absolute atomic E-state index is 0.0239. The summed E-state index contributed by atoms with van der Waals surface area (Å²) in [5.41, 5.74) is 11.3. The van der Waals surface area contributed by atoms with Crippen LogP contribution in [0, 0.1) is 0 Å². The number of primary amides is 1. The molecule has 0 fully saturated rings. The van der Waals surface area contributed by atoms with Crippen LogP contribution in [0.15, 0.2) is 48.5 Å². The second kappa shape index (κ2) is 10.3. The molecule has 35 heavy (non-hydrogen) atoms. The molecule has 5 N–H and O–H groups in total. The lowest BCUT2D eigenvalue weighted by atomic mass is 10.0. The second-order valence-electron chi connectivity index (χ2n) is 8.71. The van der Waals surface area contributed by atoms with Crippen LogP contribution in [0.2, 0.25) is 5.02 Å². The monoisotopic (exact) mass is 515 g/mol. The van der Waals surface area contributed by atoms with Crippen molar-refractivity contribution in [3.63, 3.8) is 0 Å². The van der Waals surface area contributed by atoms with E-state index in [-0.39, 0.29) is 16.3 Å². The van der Waals surface area contributed by atoms with Gasteiger partial charge in [0.1, 0.15) is 16.7 Å². The lowest BCUT2D eigenvalue weighted by Crippen LogP contribution is -2.49. The summed E-state index contributed by atoms with van der Waals surface area (Å²) in [6.07, 6.45) is 0. The van der Waals surface area contributed by atoms with Gasteiger partial charge in [0.15, 0.2) is 5.69 Å². The van der Waals surface area contributed by atoms with Gasteiger partial charge in [-0.3, -0.25) is 19.3 Å². The Hall–Kier alpha value is -3.63. The summed E-state index contributed by atoms with van der Waals surface area (Å²) in [4.78, 5) is 40.6. The summed E-state index contributed by atoms with van der Waals surface area (Å²) in [5.74, 6) is -1.45. The molecule has 0 aliphatic carbocycles. The quantitative estimate of drug-likeness (QED) is 0.437. The van der Waals surface area contributed by atoms with Crippen molar-refractivity contribution >= 4 is 52.2 Å². The third kappa shape index (κ3) is 5.90. The average molecular weight is 516 g/mol. The molecule has 1 aromatic heterocycles. The molecule has 9 nitrogen and oxygen atoms in total. The van der Waals surface area contributed by atoms with E-state index in [9.17, 15) is 14.4 Å². The van der Waals surface area contributed by atoms with Gasteiger partial charge in [-0.15, -0.1) is 0 Å². The Morgan fingerprint density at radius 1 is 1.14 bits per heavy atom. The van der Waals surface area contributed by atoms with Crippen LogP contribution in [0.25, 0.3) is 0 Å². The first-order valence-electron chi connectivity index (χ1n) is 10.5. The highest BCUT2D eigenvalue weighted by atomic mass is 35.5. The number of hydrogen-bond donors (Lipinski definition) is 3. The van der Waals surface area contributed by atoms with Gasteiger partial charge in [0.05, 0.1) is 12.8 Å². The molecule has 3 rings (SSSR count). The molecule has 0 spiro atoms. The van der Waals surface area contributed by atoms with Crippen LogP contribution in [0.3, 0.4) is 0 Å². The number of halogens is 1. The molecule has 0 saturated heterocycles. The van der Waals surface area contributed by atoms with Gasteiger partial charge in [-0.1, -0.05) is 29.8 Å². The van der Waals surface area contributed by atoms with Crippen molar-refractivity contribution < 1.29 is 19.1 Å². The zero-order valence-electron chi connectivity index (χ0n) is 19.7. The Bertz CT molecular complexity index is 1250. The number of nitrogens with zero attached hydrogens (tertiary/aromatic N) is 2. The molecule has 0 bridgehead atoms. The summed E-state index contributed by atoms with van der Waals surface area (Å²) in [5, 5.41) is 3.41. The topological polar surface area (TPSA) is 141 Å². The summed E-state index contributed by atoms with van der Waals surface area (Å²) >= 11 is 6.82. The van der Waals surface area contributed by atoms with Gasteiger partial charge in [-0.25, -0.2) is 0 Å². The standard InChI is InChI=1S/C24H26ClN5O4S/c1-24(2,3)28-22(32)19(13-8-10-14(25)11-9-13)30(15-6-5-7-16(12-15)34-4)23(33)20-17(26)18(21(27)31)29-35-20/h5-12,19H,26H2,1-4H3,(H2,27,31)(H,28,32)/t19-/m0/s1. The van der Waals surface area contributed by atoms with E-state index in [1.165, 1.54) is 12.0 Å². The van der Waals surface area contributed by atoms with Crippen molar-refractivity contribution in [1.82, 2.24) is 9.69 Å². The van der Waals surface area contributed by atoms with E-state index in [1.807, 2.05) is 20.8 Å². The maximum atomic E-state index is 14.0. The van der Waals surface area contributed by atoms with E-state index in [0.717, 1.165) is 11.5 Å². The molecule has 184 valence electrons. The SMILES string of the molecule is COc1cccc(N(C(=O)c2snc(C(N)=O)c2N)[C@H](C(=O)NC(C)(C)C)c2ccc(Cl)cc2)c1. The number of carbonyl (C=O) groups excluding carboxylic acids is 3. The van der Waals surface area contributed by atoms with Crippen LogP contribution in [0.5, 0.6) is 5.75 Å². The molecule has 2 aromatic carbocycles. The van der Waals surface area contributed by atoms with Crippen molar-refractivity contribution in [1.29, 1.82) is 0 Å². The molecule has 1 atom stereocenters. The summed E-state index contributed by atoms with van der Waals surface area (Å²) in [6.45, 7) is 5.51. The number of benzene rings is 2. The number of aromatic nitrogens is 1. The van der Waals surface area contributed by atoms with Crippen molar-refractivity contribution in [2.45, 2.75) is 32.4 Å². The van der Waals surface area contributed by atoms with Gasteiger partial charge in [0.25, 0.3) is 11.8 Å². The maximum absolute atomic E-state index is 14.0. The Morgan fingerprint density at radius 3 is 2.34 bits per heavy atom. The minimum Gasteiger partial charge on any atom is -0.497 e. The Kier molecular flexibility index (Phi) is 7.67. The number of nitrogens with two attached hydrogens (primary N) is 2. The van der Waals surface area contributed by atoms with Crippen LogP contribution in [0.4, 0.5) is 11.4 Å². The van der Waals surface area contributed by atoms with Gasteiger partial charge >= 0.3 is 0 Å². The number of carbonyl (C=O) groups is 3. The fraction of sp³-hybridized carbons (Fsp3) is 0.250. The van der Waals surface area contributed by atoms with Gasteiger partial charge < -0.3 is 21.5 Å². The highest BCUT2D eigenvalue weighted by Gasteiger charge is 2.37. The highest BCUT2D eigenvalue weighted by Crippen LogP contribution is 2.35. The van der Waals surface area contributed by atoms with E-state index >= 15 is 0 Å². The van der Waals surface area contributed by atoms with E-state index in [0.29, 0.717) is 22.0 Å². The van der Waals surface area contributed by atoms with Gasteiger partial charge in [0, 0.05) is 22.3 Å². The average Bonchev–Trinajstić information content (AvgIpc) is 3.18. The van der Waals surface area contributed by atoms with E-state index < -0.39 is 29.3 Å². The highest BCUT2D eigenvalue weighted by molar-refractivity contribution is 7.09. The fourth-order valence-corrected chi connectivity index (χ4v) is 4.25. The number of rotatable bonds is 7. The predicted molar refractivity (Wildman–Crippen MR) is 137 cm³/mol. The molecule has 11 heteroatoms. The van der Waals surface area contributed by atoms with Gasteiger partial charge in [0.2, 0.25) is 5.91 Å². The smallest absolute Gasteiger partial charge is 0.273 e. The third-order valence-electron chi connectivity index (χ3n) is 4.90. The first-order valence-corrected chi connectivity index (χ1v) is 11.7. The van der Waals surface area contributed by atoms with Crippen molar-refractivity contribution in [3.05, 3.63) is 69.7 Å². The number of ether oxygens (including phenoxy) is 1. The van der Waals surface area contributed by atoms with Crippen LogP contribution in [-0.2, 0) is 4.79 Å². The molecular weight excluding hydrogens is 490 g/mol. The summed E-state index contributed by atoms with van der Waals surface area (Å²) in [7, 11) is 1.49. The van der Waals surface area contributed by atoms with E-state index in [4.69, 9.17) is 27.8 Å². The first-order chi connectivity index (χ1) is 16.4. The second-order valence-corrected chi connectivity index (χ2v) is 9.92. The van der Waals surface area contributed by atoms with Gasteiger partial charge in [-0.05, 0) is 62.1 Å². The minimum atomic E-state index is -1.12. The van der Waals surface area contributed by atoms with Crippen LogP contribution < -0.4 is 26.4 Å². The van der Waals surface area contributed by atoms with Crippen molar-refractivity contribution in [2.75, 3.05) is 17.7 Å². The maximum Gasteiger partial charge on any atom is 0.273 e. The molecule has 0 radical (unpaired) electrons. The van der Waals surface area contributed by atoms with Crippen LogP contribution in [-0.4, -0.2) is 34.7 Å². The zero-order valence-corrected chi connectivity index (χ0v) is 21.2. The Morgan fingerprint density at radius 2 is 1.80 bits per heavy atom. The largest absolute Gasteiger partial charge is 0.497 e. The molecule has 3 amide bonds. The van der Waals surface area contributed by atoms with Crippen molar-refractivity contribution in [2.24, 2.45) is 5.73 Å². The van der Waals surface area contributed by atoms with E-state index in [2.05, 4.69) is 9.69 Å². The molecule has 0 unspecified atom stereocenters. The number of amides is 3. The number of methoxy groups -OCH3 is 1. The first kappa shape index (κ1) is 26.0.